The van der Waals surface area contributed by atoms with Crippen LogP contribution in [0.25, 0.3) is 0 Å². The van der Waals surface area contributed by atoms with Gasteiger partial charge >= 0.3 is 0 Å². The summed E-state index contributed by atoms with van der Waals surface area (Å²) in [6.45, 7) is 6.59. The molecule has 5 nitrogen and oxygen atoms in total. The van der Waals surface area contributed by atoms with Crippen LogP contribution in [0.5, 0.6) is 0 Å². The average Bonchev–Trinajstić information content (AvgIpc) is 2.36. The van der Waals surface area contributed by atoms with Crippen molar-refractivity contribution in [3.05, 3.63) is 0 Å². The molecular weight excluding hydrogens is 334 g/mol. The molecule has 0 aromatic rings. The van der Waals surface area contributed by atoms with Crippen LogP contribution in [0.15, 0.2) is 0 Å². The standard InChI is InChI=1S/C8H19NO2S.C5H11ClO2S/c1-3-5-6-8-12(10,11)9-7-4-2;1-2-3-4-5-9(6,7)8/h9H,3-8H2,1-2H3;2-5H2,1H3. The van der Waals surface area contributed by atoms with E-state index in [0.29, 0.717) is 13.0 Å². The quantitative estimate of drug-likeness (QED) is 0.451. The van der Waals surface area contributed by atoms with Crippen molar-refractivity contribution in [1.29, 1.82) is 0 Å². The lowest BCUT2D eigenvalue weighted by atomic mass is 10.3. The maximum Gasteiger partial charge on any atom is 0.232 e. The molecule has 0 spiro atoms. The van der Waals surface area contributed by atoms with Gasteiger partial charge in [0.2, 0.25) is 19.1 Å². The number of hydrogen-bond acceptors (Lipinski definition) is 4. The van der Waals surface area contributed by atoms with Gasteiger partial charge in [0.15, 0.2) is 0 Å². The third-order valence-corrected chi connectivity index (χ3v) is 5.29. The fourth-order valence-corrected chi connectivity index (χ4v) is 3.52. The summed E-state index contributed by atoms with van der Waals surface area (Å²) in [4.78, 5) is 0. The first-order chi connectivity index (χ1) is 9.68. The van der Waals surface area contributed by atoms with Gasteiger partial charge in [0.25, 0.3) is 0 Å². The molecule has 0 heterocycles. The molecule has 0 rings (SSSR count). The third-order valence-electron chi connectivity index (χ3n) is 2.58. The van der Waals surface area contributed by atoms with Gasteiger partial charge in [0.1, 0.15) is 0 Å². The van der Waals surface area contributed by atoms with Gasteiger partial charge in [-0.2, -0.15) is 0 Å². The van der Waals surface area contributed by atoms with Crippen LogP contribution in [-0.4, -0.2) is 34.9 Å². The molecule has 0 bridgehead atoms. The minimum atomic E-state index is -3.22. The Morgan fingerprint density at radius 2 is 1.24 bits per heavy atom. The molecule has 0 atom stereocenters. The topological polar surface area (TPSA) is 80.3 Å². The van der Waals surface area contributed by atoms with E-state index in [-0.39, 0.29) is 11.5 Å². The first-order valence-corrected chi connectivity index (χ1v) is 11.7. The van der Waals surface area contributed by atoms with Crippen molar-refractivity contribution in [3.8, 4) is 0 Å². The van der Waals surface area contributed by atoms with E-state index in [9.17, 15) is 16.8 Å². The zero-order valence-corrected chi connectivity index (χ0v) is 15.8. The van der Waals surface area contributed by atoms with E-state index in [1.54, 1.807) is 0 Å². The van der Waals surface area contributed by atoms with Crippen molar-refractivity contribution in [2.75, 3.05) is 18.1 Å². The second kappa shape index (κ2) is 13.8. The van der Waals surface area contributed by atoms with Crippen molar-refractivity contribution in [2.24, 2.45) is 0 Å². The summed E-state index contributed by atoms with van der Waals surface area (Å²) in [6.07, 6.45) is 6.32. The Bertz CT molecular complexity index is 421. The number of halogens is 1. The largest absolute Gasteiger partial charge is 0.232 e. The Morgan fingerprint density at radius 1 is 0.762 bits per heavy atom. The SMILES string of the molecule is CCCCCS(=O)(=O)Cl.CCCCCS(=O)(=O)NCCC. The van der Waals surface area contributed by atoms with Gasteiger partial charge in [-0.05, 0) is 19.3 Å². The first kappa shape index (κ1) is 23.4. The van der Waals surface area contributed by atoms with Crippen LogP contribution < -0.4 is 4.72 Å². The molecule has 0 amide bonds. The maximum absolute atomic E-state index is 11.2. The lowest BCUT2D eigenvalue weighted by Crippen LogP contribution is -2.26. The molecule has 0 unspecified atom stereocenters. The summed E-state index contributed by atoms with van der Waals surface area (Å²) in [5.74, 6) is 0.392. The summed E-state index contributed by atoms with van der Waals surface area (Å²) in [6, 6.07) is 0. The Balaban J connectivity index is 0. The van der Waals surface area contributed by atoms with Crippen molar-refractivity contribution in [1.82, 2.24) is 4.72 Å². The molecule has 21 heavy (non-hydrogen) atoms. The molecule has 0 radical (unpaired) electrons. The monoisotopic (exact) mass is 363 g/mol. The van der Waals surface area contributed by atoms with Gasteiger partial charge in [0, 0.05) is 17.2 Å². The van der Waals surface area contributed by atoms with Crippen LogP contribution in [-0.2, 0) is 19.1 Å². The molecular formula is C13H30ClNO4S2. The Morgan fingerprint density at radius 3 is 1.62 bits per heavy atom. The number of unbranched alkanes of at least 4 members (excludes halogenated alkanes) is 4. The lowest BCUT2D eigenvalue weighted by molar-refractivity contribution is 0.576. The smallest absolute Gasteiger partial charge is 0.215 e. The molecule has 0 saturated carbocycles. The normalized spacial score (nSPS) is 11.8. The van der Waals surface area contributed by atoms with Gasteiger partial charge in [-0.25, -0.2) is 21.6 Å². The zero-order valence-electron chi connectivity index (χ0n) is 13.4. The molecule has 0 aliphatic rings. The highest BCUT2D eigenvalue weighted by molar-refractivity contribution is 8.13. The van der Waals surface area contributed by atoms with E-state index < -0.39 is 19.1 Å². The van der Waals surface area contributed by atoms with Crippen LogP contribution in [0, 0.1) is 0 Å². The van der Waals surface area contributed by atoms with Crippen molar-refractivity contribution in [2.45, 2.75) is 65.7 Å². The highest BCUT2D eigenvalue weighted by Crippen LogP contribution is 2.02. The summed E-state index contributed by atoms with van der Waals surface area (Å²) < 4.78 is 45.4. The predicted molar refractivity (Wildman–Crippen MR) is 90.8 cm³/mol. The van der Waals surface area contributed by atoms with Crippen LogP contribution in [0.3, 0.4) is 0 Å². The highest BCUT2D eigenvalue weighted by Gasteiger charge is 2.07. The number of sulfonamides is 1. The highest BCUT2D eigenvalue weighted by atomic mass is 35.7. The summed E-state index contributed by atoms with van der Waals surface area (Å²) in [7, 11) is -1.25. The Hall–Kier alpha value is 0.150. The number of nitrogens with one attached hydrogen (secondary N) is 1. The fourth-order valence-electron chi connectivity index (χ4n) is 1.40. The van der Waals surface area contributed by atoms with E-state index in [4.69, 9.17) is 10.7 Å². The molecule has 0 aliphatic heterocycles. The second-order valence-electron chi connectivity index (χ2n) is 4.87. The van der Waals surface area contributed by atoms with Gasteiger partial charge in [-0.1, -0.05) is 46.5 Å². The summed E-state index contributed by atoms with van der Waals surface area (Å²) in [5, 5.41) is 0. The summed E-state index contributed by atoms with van der Waals surface area (Å²) in [5.41, 5.74) is 0. The third kappa shape index (κ3) is 22.6. The molecule has 1 N–H and O–H groups in total. The molecule has 0 aliphatic carbocycles. The van der Waals surface area contributed by atoms with Gasteiger partial charge in [0.05, 0.1) is 11.5 Å². The van der Waals surface area contributed by atoms with Crippen molar-refractivity contribution >= 4 is 29.8 Å². The van der Waals surface area contributed by atoms with Gasteiger partial charge in [-0.15, -0.1) is 0 Å². The minimum Gasteiger partial charge on any atom is -0.215 e. The first-order valence-electron chi connectivity index (χ1n) is 7.58. The van der Waals surface area contributed by atoms with Gasteiger partial charge in [-0.3, -0.25) is 0 Å². The fraction of sp³-hybridized carbons (Fsp3) is 1.00. The van der Waals surface area contributed by atoms with Crippen molar-refractivity contribution in [3.63, 3.8) is 0 Å². The van der Waals surface area contributed by atoms with Crippen LogP contribution in [0.2, 0.25) is 0 Å². The number of hydrogen-bond donors (Lipinski definition) is 1. The van der Waals surface area contributed by atoms with E-state index in [2.05, 4.69) is 11.6 Å². The zero-order chi connectivity index (χ0) is 16.8. The predicted octanol–water partition coefficient (Wildman–Crippen LogP) is 3.25. The van der Waals surface area contributed by atoms with Gasteiger partial charge < -0.3 is 0 Å². The van der Waals surface area contributed by atoms with E-state index in [1.165, 1.54) is 0 Å². The Kier molecular flexibility index (Phi) is 15.4. The van der Waals surface area contributed by atoms with E-state index >= 15 is 0 Å². The molecule has 0 aromatic carbocycles. The van der Waals surface area contributed by atoms with Crippen LogP contribution >= 0.6 is 10.7 Å². The maximum atomic E-state index is 11.2. The molecule has 0 saturated heterocycles. The van der Waals surface area contributed by atoms with E-state index in [1.807, 2.05) is 13.8 Å². The minimum absolute atomic E-state index is 0.113. The lowest BCUT2D eigenvalue weighted by Gasteiger charge is -2.03. The molecule has 8 heteroatoms. The molecule has 130 valence electrons. The number of rotatable bonds is 11. The van der Waals surface area contributed by atoms with E-state index in [0.717, 1.165) is 38.5 Å². The van der Waals surface area contributed by atoms with Crippen LogP contribution in [0.1, 0.15) is 65.7 Å². The second-order valence-corrected chi connectivity index (χ2v) is 9.69. The summed E-state index contributed by atoms with van der Waals surface area (Å²) >= 11 is 0. The Labute approximate surface area is 135 Å². The average molecular weight is 364 g/mol. The van der Waals surface area contributed by atoms with Crippen LogP contribution in [0.4, 0.5) is 0 Å². The van der Waals surface area contributed by atoms with Crippen molar-refractivity contribution < 1.29 is 16.8 Å². The molecule has 0 fully saturated rings. The molecule has 0 aromatic heterocycles.